The molecule has 3 aromatic heterocycles. The topological polar surface area (TPSA) is 77.7 Å². The Bertz CT molecular complexity index is 719. The summed E-state index contributed by atoms with van der Waals surface area (Å²) in [5, 5.41) is 2.00. The van der Waals surface area contributed by atoms with Crippen molar-refractivity contribution in [3.8, 4) is 0 Å². The van der Waals surface area contributed by atoms with Gasteiger partial charge in [-0.15, -0.1) is 11.3 Å². The molecule has 0 aliphatic rings. The first kappa shape index (κ1) is 11.4. The lowest BCUT2D eigenvalue weighted by Gasteiger charge is -2.13. The van der Waals surface area contributed by atoms with Crippen molar-refractivity contribution in [2.75, 3.05) is 3.93 Å². The first-order valence-electron chi connectivity index (χ1n) is 5.13. The molecule has 0 saturated carbocycles. The van der Waals surface area contributed by atoms with Crippen LogP contribution in [0.5, 0.6) is 0 Å². The van der Waals surface area contributed by atoms with Gasteiger partial charge >= 0.3 is 0 Å². The smallest absolute Gasteiger partial charge is 0.278 e. The first-order valence-corrected chi connectivity index (χ1v) is 6.72. The molecule has 2 N–H and O–H groups in total. The zero-order chi connectivity index (χ0) is 12.5. The van der Waals surface area contributed by atoms with E-state index in [0.717, 1.165) is 4.88 Å². The summed E-state index contributed by atoms with van der Waals surface area (Å²) in [6.45, 7) is 0.622. The summed E-state index contributed by atoms with van der Waals surface area (Å²) < 4.78 is 1.70. The van der Waals surface area contributed by atoms with Crippen LogP contribution >= 0.6 is 27.5 Å². The van der Waals surface area contributed by atoms with Crippen molar-refractivity contribution in [3.05, 3.63) is 39.1 Å². The minimum Gasteiger partial charge on any atom is -0.339 e. The van der Waals surface area contributed by atoms with Crippen molar-refractivity contribution in [2.45, 2.75) is 6.54 Å². The standard InChI is InChI=1S/C10H8BrN5OS/c11-16(4-6-2-1-3-18-6)10-14-8-7(9(17)15-10)12-5-13-8/h1-3,5H,4H2,(H2,12,13,14,15,17). The van der Waals surface area contributed by atoms with Crippen molar-refractivity contribution >= 4 is 44.6 Å². The Morgan fingerprint density at radius 3 is 3.17 bits per heavy atom. The van der Waals surface area contributed by atoms with E-state index >= 15 is 0 Å². The molecule has 3 rings (SSSR count). The van der Waals surface area contributed by atoms with Gasteiger partial charge in [0.05, 0.1) is 29.0 Å². The van der Waals surface area contributed by atoms with Crippen LogP contribution in [0.25, 0.3) is 11.2 Å². The van der Waals surface area contributed by atoms with Crippen LogP contribution in [-0.4, -0.2) is 19.9 Å². The van der Waals surface area contributed by atoms with Crippen molar-refractivity contribution in [1.82, 2.24) is 19.9 Å². The molecule has 0 aliphatic heterocycles. The number of fused-ring (bicyclic) bond motifs is 1. The van der Waals surface area contributed by atoms with Gasteiger partial charge in [0.25, 0.3) is 5.56 Å². The predicted octanol–water partition coefficient (Wildman–Crippen LogP) is 2.02. The Morgan fingerprint density at radius 1 is 1.50 bits per heavy atom. The second kappa shape index (κ2) is 4.54. The summed E-state index contributed by atoms with van der Waals surface area (Å²) in [5.41, 5.74) is 0.559. The van der Waals surface area contributed by atoms with Gasteiger partial charge in [0.2, 0.25) is 5.95 Å². The number of H-pyrrole nitrogens is 2. The van der Waals surface area contributed by atoms with Gasteiger partial charge in [0.15, 0.2) is 11.2 Å². The number of rotatable bonds is 3. The normalized spacial score (nSPS) is 10.9. The highest BCUT2D eigenvalue weighted by Crippen LogP contribution is 2.19. The molecule has 0 amide bonds. The predicted molar refractivity (Wildman–Crippen MR) is 73.9 cm³/mol. The number of aromatic nitrogens is 4. The van der Waals surface area contributed by atoms with E-state index in [2.05, 4.69) is 36.1 Å². The van der Waals surface area contributed by atoms with E-state index in [9.17, 15) is 4.79 Å². The van der Waals surface area contributed by atoms with Crippen LogP contribution in [0.3, 0.4) is 0 Å². The maximum absolute atomic E-state index is 11.8. The second-order valence-corrected chi connectivity index (χ2v) is 5.48. The fourth-order valence-corrected chi connectivity index (χ4v) is 2.86. The number of nitrogens with zero attached hydrogens (tertiary/aromatic N) is 3. The van der Waals surface area contributed by atoms with E-state index in [0.29, 0.717) is 23.7 Å². The summed E-state index contributed by atoms with van der Waals surface area (Å²) in [5.74, 6) is 0.438. The van der Waals surface area contributed by atoms with Crippen LogP contribution in [0, 0.1) is 0 Å². The molecule has 3 heterocycles. The maximum Gasteiger partial charge on any atom is 0.278 e. The number of hydrogen-bond acceptors (Lipinski definition) is 5. The highest BCUT2D eigenvalue weighted by molar-refractivity contribution is 9.10. The molecule has 3 aromatic rings. The monoisotopic (exact) mass is 325 g/mol. The lowest BCUT2D eigenvalue weighted by Crippen LogP contribution is -2.17. The van der Waals surface area contributed by atoms with E-state index in [1.54, 1.807) is 15.3 Å². The number of hydrogen-bond donors (Lipinski definition) is 2. The molecule has 18 heavy (non-hydrogen) atoms. The quantitative estimate of drug-likeness (QED) is 0.722. The van der Waals surface area contributed by atoms with Gasteiger partial charge in [-0.25, -0.2) is 4.98 Å². The molecule has 6 nitrogen and oxygen atoms in total. The third-order valence-corrected chi connectivity index (χ3v) is 3.84. The summed E-state index contributed by atoms with van der Waals surface area (Å²) in [6, 6.07) is 4.00. The number of anilines is 1. The van der Waals surface area contributed by atoms with E-state index in [1.165, 1.54) is 6.33 Å². The van der Waals surface area contributed by atoms with Crippen LogP contribution in [0.2, 0.25) is 0 Å². The number of aromatic amines is 2. The van der Waals surface area contributed by atoms with Gasteiger partial charge in [0.1, 0.15) is 0 Å². The molecule has 0 bridgehead atoms. The minimum absolute atomic E-state index is 0.233. The van der Waals surface area contributed by atoms with Gasteiger partial charge in [-0.3, -0.25) is 13.7 Å². The third kappa shape index (κ3) is 2.04. The van der Waals surface area contributed by atoms with Gasteiger partial charge in [-0.05, 0) is 11.4 Å². The Labute approximate surface area is 114 Å². The zero-order valence-corrected chi connectivity index (χ0v) is 11.5. The number of imidazole rings is 1. The van der Waals surface area contributed by atoms with Gasteiger partial charge < -0.3 is 4.98 Å². The van der Waals surface area contributed by atoms with Gasteiger partial charge in [0, 0.05) is 4.88 Å². The first-order chi connectivity index (χ1) is 8.74. The molecule has 92 valence electrons. The average molecular weight is 326 g/mol. The Balaban J connectivity index is 1.96. The van der Waals surface area contributed by atoms with Gasteiger partial charge in [-0.2, -0.15) is 4.98 Å². The Hall–Kier alpha value is -1.67. The number of nitrogens with one attached hydrogen (secondary N) is 2. The summed E-state index contributed by atoms with van der Waals surface area (Å²) in [6.07, 6.45) is 1.45. The Kier molecular flexibility index (Phi) is 2.88. The van der Waals surface area contributed by atoms with Crippen LogP contribution < -0.4 is 9.49 Å². The van der Waals surface area contributed by atoms with Crippen molar-refractivity contribution in [3.63, 3.8) is 0 Å². The van der Waals surface area contributed by atoms with Crippen molar-refractivity contribution in [2.24, 2.45) is 0 Å². The molecular formula is C10H8BrN5OS. The molecule has 8 heteroatoms. The highest BCUT2D eigenvalue weighted by atomic mass is 79.9. The van der Waals surface area contributed by atoms with Crippen LogP contribution in [0.4, 0.5) is 5.95 Å². The lowest BCUT2D eigenvalue weighted by atomic mass is 10.4. The van der Waals surface area contributed by atoms with Crippen LogP contribution in [0.1, 0.15) is 4.88 Å². The molecule has 0 aliphatic carbocycles. The summed E-state index contributed by atoms with van der Waals surface area (Å²) in [7, 11) is 0. The second-order valence-electron chi connectivity index (χ2n) is 3.59. The van der Waals surface area contributed by atoms with Crippen LogP contribution in [-0.2, 0) is 6.54 Å². The number of thiophene rings is 1. The average Bonchev–Trinajstić information content (AvgIpc) is 2.98. The molecule has 0 atom stereocenters. The Morgan fingerprint density at radius 2 is 2.39 bits per heavy atom. The molecule has 0 radical (unpaired) electrons. The molecule has 0 aromatic carbocycles. The maximum atomic E-state index is 11.8. The zero-order valence-electron chi connectivity index (χ0n) is 9.05. The summed E-state index contributed by atoms with van der Waals surface area (Å²) >= 11 is 5.03. The third-order valence-electron chi connectivity index (χ3n) is 2.39. The SMILES string of the molecule is O=c1[nH]c(N(Br)Cc2cccs2)nc2nc[nH]c12. The molecule has 0 unspecified atom stereocenters. The highest BCUT2D eigenvalue weighted by Gasteiger charge is 2.11. The van der Waals surface area contributed by atoms with E-state index in [-0.39, 0.29) is 5.56 Å². The molecule has 0 saturated heterocycles. The molecule has 0 fully saturated rings. The van der Waals surface area contributed by atoms with E-state index < -0.39 is 0 Å². The summed E-state index contributed by atoms with van der Waals surface area (Å²) in [4.78, 5) is 26.6. The van der Waals surface area contributed by atoms with E-state index in [4.69, 9.17) is 0 Å². The minimum atomic E-state index is -0.233. The lowest BCUT2D eigenvalue weighted by molar-refractivity contribution is 1.00. The fraction of sp³-hybridized carbons (Fsp3) is 0.100. The van der Waals surface area contributed by atoms with Crippen LogP contribution in [0.15, 0.2) is 28.6 Å². The van der Waals surface area contributed by atoms with Crippen molar-refractivity contribution < 1.29 is 0 Å². The largest absolute Gasteiger partial charge is 0.339 e. The van der Waals surface area contributed by atoms with Crippen molar-refractivity contribution in [1.29, 1.82) is 0 Å². The number of halogens is 1. The fourth-order valence-electron chi connectivity index (χ4n) is 1.56. The molecular weight excluding hydrogens is 318 g/mol. The van der Waals surface area contributed by atoms with E-state index in [1.807, 2.05) is 17.5 Å². The van der Waals surface area contributed by atoms with Gasteiger partial charge in [-0.1, -0.05) is 6.07 Å². The molecule has 0 spiro atoms.